The molecule has 5 heteroatoms. The van der Waals surface area contributed by atoms with Gasteiger partial charge in [-0.15, -0.1) is 0 Å². The lowest BCUT2D eigenvalue weighted by Gasteiger charge is -2.24. The quantitative estimate of drug-likeness (QED) is 0.897. The molecule has 5 nitrogen and oxygen atoms in total. The van der Waals surface area contributed by atoms with Gasteiger partial charge < -0.3 is 10.0 Å². The predicted octanol–water partition coefficient (Wildman–Crippen LogP) is 2.57. The van der Waals surface area contributed by atoms with Crippen molar-refractivity contribution in [3.05, 3.63) is 29.6 Å². The fraction of sp³-hybridized carbons (Fsp3) is 0.533. The molecule has 20 heavy (non-hydrogen) atoms. The summed E-state index contributed by atoms with van der Waals surface area (Å²) in [4.78, 5) is 29.3. The number of unbranched alkanes of at least 4 members (excludes halogenated alkanes) is 1. The molecule has 1 N–H and O–H groups in total. The van der Waals surface area contributed by atoms with Gasteiger partial charge in [-0.2, -0.15) is 0 Å². The number of aromatic carboxylic acids is 1. The van der Waals surface area contributed by atoms with Crippen LogP contribution >= 0.6 is 0 Å². The lowest BCUT2D eigenvalue weighted by atomic mass is 10.1. The number of carboxylic acid groups (broad SMARTS) is 1. The number of carbonyl (C=O) groups is 2. The van der Waals surface area contributed by atoms with E-state index in [0.717, 1.165) is 38.6 Å². The topological polar surface area (TPSA) is 70.5 Å². The van der Waals surface area contributed by atoms with E-state index in [0.29, 0.717) is 0 Å². The minimum Gasteiger partial charge on any atom is -0.478 e. The number of carbonyl (C=O) groups excluding carboxylic acids is 1. The summed E-state index contributed by atoms with van der Waals surface area (Å²) in [5.41, 5.74) is 0.334. The van der Waals surface area contributed by atoms with Crippen LogP contribution in [0.5, 0.6) is 0 Å². The largest absolute Gasteiger partial charge is 0.478 e. The first kappa shape index (κ1) is 14.5. The molecular formula is C15H20N2O3. The third-order valence-corrected chi connectivity index (χ3v) is 3.75. The standard InChI is InChI=1S/C15H20N2O3/c1-2-3-5-12-6-4-9-17(12)14(18)13-10-11(15(19)20)7-8-16-13/h7-8,10,12H,2-6,9H2,1H3,(H,19,20). The van der Waals surface area contributed by atoms with E-state index in [9.17, 15) is 9.59 Å². The average Bonchev–Trinajstić information content (AvgIpc) is 2.92. The number of hydrogen-bond acceptors (Lipinski definition) is 3. The molecule has 2 rings (SSSR count). The van der Waals surface area contributed by atoms with Crippen LogP contribution < -0.4 is 0 Å². The van der Waals surface area contributed by atoms with E-state index in [1.165, 1.54) is 18.3 Å². The summed E-state index contributed by atoms with van der Waals surface area (Å²) in [5.74, 6) is -1.18. The van der Waals surface area contributed by atoms with Gasteiger partial charge in [0.2, 0.25) is 0 Å². The number of rotatable bonds is 5. The Kier molecular flexibility index (Phi) is 4.71. The number of carboxylic acids is 1. The van der Waals surface area contributed by atoms with Crippen molar-refractivity contribution in [1.29, 1.82) is 0 Å². The highest BCUT2D eigenvalue weighted by Crippen LogP contribution is 2.23. The van der Waals surface area contributed by atoms with Gasteiger partial charge in [0.15, 0.2) is 0 Å². The lowest BCUT2D eigenvalue weighted by molar-refractivity contribution is 0.0696. The van der Waals surface area contributed by atoms with Crippen molar-refractivity contribution >= 4 is 11.9 Å². The maximum Gasteiger partial charge on any atom is 0.335 e. The molecule has 1 fully saturated rings. The van der Waals surface area contributed by atoms with Crippen LogP contribution in [0.3, 0.4) is 0 Å². The summed E-state index contributed by atoms with van der Waals surface area (Å²) < 4.78 is 0. The maximum absolute atomic E-state index is 12.5. The molecule has 0 aromatic carbocycles. The molecular weight excluding hydrogens is 256 g/mol. The van der Waals surface area contributed by atoms with Gasteiger partial charge in [0, 0.05) is 18.8 Å². The van der Waals surface area contributed by atoms with Crippen LogP contribution in [0.2, 0.25) is 0 Å². The first-order valence-electron chi connectivity index (χ1n) is 7.13. The minimum atomic E-state index is -1.04. The van der Waals surface area contributed by atoms with Gasteiger partial charge in [0.05, 0.1) is 5.56 Å². The maximum atomic E-state index is 12.5. The monoisotopic (exact) mass is 276 g/mol. The Balaban J connectivity index is 2.13. The van der Waals surface area contributed by atoms with E-state index in [1.807, 2.05) is 4.90 Å². The van der Waals surface area contributed by atoms with Gasteiger partial charge in [-0.25, -0.2) is 4.79 Å². The summed E-state index contributed by atoms with van der Waals surface area (Å²) >= 11 is 0. The summed E-state index contributed by atoms with van der Waals surface area (Å²) in [6, 6.07) is 3.04. The van der Waals surface area contributed by atoms with E-state index in [2.05, 4.69) is 11.9 Å². The molecule has 0 saturated carbocycles. The summed E-state index contributed by atoms with van der Waals surface area (Å²) in [6.07, 6.45) is 6.67. The Morgan fingerprint density at radius 3 is 3.00 bits per heavy atom. The van der Waals surface area contributed by atoms with E-state index >= 15 is 0 Å². The molecule has 0 bridgehead atoms. The van der Waals surface area contributed by atoms with Crippen molar-refractivity contribution in [1.82, 2.24) is 9.88 Å². The van der Waals surface area contributed by atoms with Crippen molar-refractivity contribution in [2.75, 3.05) is 6.54 Å². The SMILES string of the molecule is CCCCC1CCCN1C(=O)c1cc(C(=O)O)ccn1. The van der Waals surface area contributed by atoms with Crippen molar-refractivity contribution in [3.63, 3.8) is 0 Å². The van der Waals surface area contributed by atoms with E-state index in [1.54, 1.807) is 0 Å². The molecule has 0 spiro atoms. The predicted molar refractivity (Wildman–Crippen MR) is 74.8 cm³/mol. The number of hydrogen-bond donors (Lipinski definition) is 1. The number of likely N-dealkylation sites (tertiary alicyclic amines) is 1. The molecule has 1 amide bonds. The van der Waals surface area contributed by atoms with Crippen LogP contribution in [0.4, 0.5) is 0 Å². The van der Waals surface area contributed by atoms with Gasteiger partial charge >= 0.3 is 5.97 Å². The van der Waals surface area contributed by atoms with Crippen LogP contribution in [0.15, 0.2) is 18.3 Å². The Hall–Kier alpha value is -1.91. The van der Waals surface area contributed by atoms with Crippen LogP contribution in [0.1, 0.15) is 59.9 Å². The van der Waals surface area contributed by atoms with E-state index < -0.39 is 5.97 Å². The Morgan fingerprint density at radius 2 is 2.30 bits per heavy atom. The van der Waals surface area contributed by atoms with Gasteiger partial charge in [0.1, 0.15) is 5.69 Å². The van der Waals surface area contributed by atoms with Crippen molar-refractivity contribution in [2.24, 2.45) is 0 Å². The summed E-state index contributed by atoms with van der Waals surface area (Å²) in [6.45, 7) is 2.88. The minimum absolute atomic E-state index is 0.104. The molecule has 0 radical (unpaired) electrons. The van der Waals surface area contributed by atoms with Gasteiger partial charge in [-0.05, 0) is 31.4 Å². The molecule has 1 aromatic heterocycles. The summed E-state index contributed by atoms with van der Waals surface area (Å²) in [5, 5.41) is 8.97. The molecule has 2 heterocycles. The normalized spacial score (nSPS) is 18.2. The number of pyridine rings is 1. The zero-order valence-electron chi connectivity index (χ0n) is 11.7. The number of aromatic nitrogens is 1. The second kappa shape index (κ2) is 6.50. The highest BCUT2D eigenvalue weighted by Gasteiger charge is 2.29. The molecule has 108 valence electrons. The van der Waals surface area contributed by atoms with Crippen molar-refractivity contribution < 1.29 is 14.7 Å². The summed E-state index contributed by atoms with van der Waals surface area (Å²) in [7, 11) is 0. The molecule has 1 aliphatic rings. The fourth-order valence-corrected chi connectivity index (χ4v) is 2.67. The third-order valence-electron chi connectivity index (χ3n) is 3.75. The Labute approximate surface area is 118 Å². The van der Waals surface area contributed by atoms with Crippen LogP contribution in [-0.4, -0.2) is 39.5 Å². The second-order valence-corrected chi connectivity index (χ2v) is 5.17. The van der Waals surface area contributed by atoms with Gasteiger partial charge in [0.25, 0.3) is 5.91 Å². The smallest absolute Gasteiger partial charge is 0.335 e. The average molecular weight is 276 g/mol. The van der Waals surface area contributed by atoms with Crippen LogP contribution in [-0.2, 0) is 0 Å². The van der Waals surface area contributed by atoms with E-state index in [-0.39, 0.29) is 23.2 Å². The van der Waals surface area contributed by atoms with Gasteiger partial charge in [-0.3, -0.25) is 9.78 Å². The first-order valence-corrected chi connectivity index (χ1v) is 7.13. The molecule has 1 atom stereocenters. The zero-order chi connectivity index (χ0) is 14.5. The van der Waals surface area contributed by atoms with Crippen LogP contribution in [0, 0.1) is 0 Å². The third kappa shape index (κ3) is 3.15. The first-order chi connectivity index (χ1) is 9.63. The highest BCUT2D eigenvalue weighted by atomic mass is 16.4. The fourth-order valence-electron chi connectivity index (χ4n) is 2.67. The second-order valence-electron chi connectivity index (χ2n) is 5.17. The van der Waals surface area contributed by atoms with Crippen LogP contribution in [0.25, 0.3) is 0 Å². The van der Waals surface area contributed by atoms with Crippen molar-refractivity contribution in [2.45, 2.75) is 45.1 Å². The Morgan fingerprint density at radius 1 is 1.50 bits per heavy atom. The number of nitrogens with zero attached hydrogens (tertiary/aromatic N) is 2. The van der Waals surface area contributed by atoms with E-state index in [4.69, 9.17) is 5.11 Å². The number of amides is 1. The molecule has 0 aliphatic carbocycles. The zero-order valence-corrected chi connectivity index (χ0v) is 11.7. The molecule has 1 unspecified atom stereocenters. The highest BCUT2D eigenvalue weighted by molar-refractivity contribution is 5.96. The molecule has 1 saturated heterocycles. The van der Waals surface area contributed by atoms with Gasteiger partial charge in [-0.1, -0.05) is 19.8 Å². The lowest BCUT2D eigenvalue weighted by Crippen LogP contribution is -2.36. The van der Waals surface area contributed by atoms with Crippen molar-refractivity contribution in [3.8, 4) is 0 Å². The molecule has 1 aliphatic heterocycles. The molecule has 1 aromatic rings. The Bertz CT molecular complexity index is 502.